The molecule has 1 atom stereocenters. The van der Waals surface area contributed by atoms with Crippen LogP contribution in [0.2, 0.25) is 0 Å². The minimum absolute atomic E-state index is 0.131. The molecule has 32 heavy (non-hydrogen) atoms. The van der Waals surface area contributed by atoms with Crippen LogP contribution in [0.15, 0.2) is 78.9 Å². The van der Waals surface area contributed by atoms with Crippen LogP contribution in [0.4, 0.5) is 4.39 Å². The van der Waals surface area contributed by atoms with E-state index in [0.717, 1.165) is 16.7 Å². The molecule has 0 unspecified atom stereocenters. The van der Waals surface area contributed by atoms with Gasteiger partial charge in [-0.2, -0.15) is 0 Å². The highest BCUT2D eigenvalue weighted by atomic mass is 19.1. The van der Waals surface area contributed by atoms with Crippen LogP contribution in [0.3, 0.4) is 0 Å². The Balaban J connectivity index is 1.67. The van der Waals surface area contributed by atoms with Crippen molar-refractivity contribution in [3.05, 3.63) is 95.8 Å². The van der Waals surface area contributed by atoms with E-state index in [-0.39, 0.29) is 37.2 Å². The number of amides is 2. The summed E-state index contributed by atoms with van der Waals surface area (Å²) in [7, 11) is 1.57. The maximum atomic E-state index is 13.4. The predicted molar refractivity (Wildman–Crippen MR) is 121 cm³/mol. The predicted octanol–water partition coefficient (Wildman–Crippen LogP) is 3.69. The van der Waals surface area contributed by atoms with E-state index >= 15 is 0 Å². The first-order valence-electron chi connectivity index (χ1n) is 10.6. The lowest BCUT2D eigenvalue weighted by Crippen LogP contribution is -2.61. The van der Waals surface area contributed by atoms with Crippen molar-refractivity contribution in [1.29, 1.82) is 0 Å². The number of carbonyl (C=O) groups is 2. The van der Waals surface area contributed by atoms with Gasteiger partial charge in [0.2, 0.25) is 0 Å². The number of halogens is 1. The van der Waals surface area contributed by atoms with E-state index in [0.29, 0.717) is 12.1 Å². The third kappa shape index (κ3) is 4.41. The van der Waals surface area contributed by atoms with Gasteiger partial charge >= 0.3 is 0 Å². The molecule has 3 aromatic rings. The first-order chi connectivity index (χ1) is 15.5. The van der Waals surface area contributed by atoms with Crippen molar-refractivity contribution in [2.75, 3.05) is 26.7 Å². The zero-order valence-corrected chi connectivity index (χ0v) is 17.9. The maximum absolute atomic E-state index is 13.4. The van der Waals surface area contributed by atoms with Gasteiger partial charge in [0, 0.05) is 25.6 Å². The highest BCUT2D eigenvalue weighted by molar-refractivity contribution is 5.95. The Bertz CT molecular complexity index is 1100. The van der Waals surface area contributed by atoms with E-state index in [4.69, 9.17) is 4.74 Å². The molecule has 1 N–H and O–H groups in total. The second kappa shape index (κ2) is 9.32. The fourth-order valence-electron chi connectivity index (χ4n) is 4.17. The van der Waals surface area contributed by atoms with Crippen molar-refractivity contribution in [1.82, 2.24) is 10.2 Å². The van der Waals surface area contributed by atoms with Crippen molar-refractivity contribution >= 4 is 11.8 Å². The Kier molecular flexibility index (Phi) is 6.32. The number of carbonyl (C=O) groups excluding carboxylic acids is 2. The van der Waals surface area contributed by atoms with Gasteiger partial charge < -0.3 is 15.0 Å². The average molecular weight is 432 g/mol. The number of morpholine rings is 1. The van der Waals surface area contributed by atoms with Crippen LogP contribution >= 0.6 is 0 Å². The summed E-state index contributed by atoms with van der Waals surface area (Å²) in [5.74, 6) is -0.718. The van der Waals surface area contributed by atoms with Crippen molar-refractivity contribution < 1.29 is 18.7 Å². The first-order valence-corrected chi connectivity index (χ1v) is 10.6. The Labute approximate surface area is 186 Å². The van der Waals surface area contributed by atoms with E-state index < -0.39 is 5.60 Å². The lowest BCUT2D eigenvalue weighted by molar-refractivity contribution is -0.156. The smallest absolute Gasteiger partial charge is 0.254 e. The minimum Gasteiger partial charge on any atom is -0.361 e. The molecular formula is C26H25FN2O3. The normalized spacial score (nSPS) is 18.2. The van der Waals surface area contributed by atoms with Gasteiger partial charge in [-0.1, -0.05) is 54.6 Å². The Morgan fingerprint density at radius 3 is 2.41 bits per heavy atom. The summed E-state index contributed by atoms with van der Waals surface area (Å²) in [5.41, 5.74) is 1.98. The van der Waals surface area contributed by atoms with Gasteiger partial charge in [0.15, 0.2) is 5.60 Å². The van der Waals surface area contributed by atoms with Crippen molar-refractivity contribution in [2.45, 2.75) is 12.0 Å². The summed E-state index contributed by atoms with van der Waals surface area (Å²) in [5, 5.41) is 2.71. The quantitative estimate of drug-likeness (QED) is 0.669. The van der Waals surface area contributed by atoms with Gasteiger partial charge in [-0.25, -0.2) is 4.39 Å². The number of nitrogens with zero attached hydrogens (tertiary/aromatic N) is 1. The molecule has 4 rings (SSSR count). The van der Waals surface area contributed by atoms with Crippen LogP contribution in [0, 0.1) is 5.82 Å². The summed E-state index contributed by atoms with van der Waals surface area (Å²) >= 11 is 0. The monoisotopic (exact) mass is 432 g/mol. The number of likely N-dealkylation sites (N-methyl/N-ethyl adjacent to an activating group) is 1. The van der Waals surface area contributed by atoms with Crippen LogP contribution in [0.5, 0.6) is 0 Å². The van der Waals surface area contributed by atoms with Crippen LogP contribution < -0.4 is 5.32 Å². The molecule has 0 aliphatic carbocycles. The molecule has 0 aromatic heterocycles. The first kappa shape index (κ1) is 21.7. The number of rotatable bonds is 5. The van der Waals surface area contributed by atoms with Gasteiger partial charge in [0.25, 0.3) is 11.8 Å². The van der Waals surface area contributed by atoms with Gasteiger partial charge in [-0.3, -0.25) is 9.59 Å². The molecule has 0 radical (unpaired) electrons. The number of hydrogen-bond donors (Lipinski definition) is 1. The van der Waals surface area contributed by atoms with Crippen molar-refractivity contribution in [3.63, 3.8) is 0 Å². The van der Waals surface area contributed by atoms with Crippen molar-refractivity contribution in [2.24, 2.45) is 0 Å². The maximum Gasteiger partial charge on any atom is 0.254 e. The van der Waals surface area contributed by atoms with E-state index in [1.165, 1.54) is 12.1 Å². The molecule has 0 saturated carbocycles. The third-order valence-electron chi connectivity index (χ3n) is 5.78. The summed E-state index contributed by atoms with van der Waals surface area (Å²) in [6, 6.07) is 23.0. The molecule has 164 valence electrons. The number of hydrogen-bond acceptors (Lipinski definition) is 3. The SMILES string of the molecule is CNC(=O)[C@@]1(Cc2ccccc2-c2ccc(F)cc2)CN(C(=O)c2ccccc2)CCO1. The van der Waals surface area contributed by atoms with Crippen LogP contribution in [-0.2, 0) is 16.0 Å². The fraction of sp³-hybridized carbons (Fsp3) is 0.231. The lowest BCUT2D eigenvalue weighted by Gasteiger charge is -2.41. The molecule has 1 saturated heterocycles. The largest absolute Gasteiger partial charge is 0.361 e. The standard InChI is InChI=1S/C26H25FN2O3/c1-28-25(31)26(18-29(15-16-32-26)24(30)20-7-3-2-4-8-20)17-21-9-5-6-10-23(21)19-11-13-22(27)14-12-19/h2-14H,15-18H2,1H3,(H,28,31)/t26-/m1/s1. The Morgan fingerprint density at radius 1 is 1.00 bits per heavy atom. The Morgan fingerprint density at radius 2 is 1.69 bits per heavy atom. The fourth-order valence-corrected chi connectivity index (χ4v) is 4.17. The third-order valence-corrected chi connectivity index (χ3v) is 5.78. The van der Waals surface area contributed by atoms with Crippen LogP contribution in [-0.4, -0.2) is 49.1 Å². The molecule has 0 bridgehead atoms. The minimum atomic E-state index is -1.23. The van der Waals surface area contributed by atoms with Gasteiger partial charge in [0.05, 0.1) is 13.2 Å². The number of ether oxygens (including phenoxy) is 1. The van der Waals surface area contributed by atoms with Crippen molar-refractivity contribution in [3.8, 4) is 11.1 Å². The summed E-state index contributed by atoms with van der Waals surface area (Å²) in [6.45, 7) is 0.801. The highest BCUT2D eigenvalue weighted by Crippen LogP contribution is 2.31. The molecule has 1 fully saturated rings. The summed E-state index contributed by atoms with van der Waals surface area (Å²) < 4.78 is 19.5. The molecule has 3 aromatic carbocycles. The summed E-state index contributed by atoms with van der Waals surface area (Å²) in [6.07, 6.45) is 0.277. The zero-order valence-electron chi connectivity index (χ0n) is 17.9. The molecule has 1 aliphatic rings. The molecule has 1 aliphatic heterocycles. The highest BCUT2D eigenvalue weighted by Gasteiger charge is 2.45. The molecule has 6 heteroatoms. The number of nitrogens with one attached hydrogen (secondary N) is 1. The molecule has 2 amide bonds. The van der Waals surface area contributed by atoms with E-state index in [2.05, 4.69) is 5.32 Å². The van der Waals surface area contributed by atoms with Gasteiger partial charge in [-0.15, -0.1) is 0 Å². The zero-order chi connectivity index (χ0) is 22.6. The van der Waals surface area contributed by atoms with Crippen LogP contribution in [0.25, 0.3) is 11.1 Å². The number of benzene rings is 3. The average Bonchev–Trinajstić information content (AvgIpc) is 2.84. The Hall–Kier alpha value is -3.51. The second-order valence-corrected chi connectivity index (χ2v) is 7.86. The lowest BCUT2D eigenvalue weighted by atomic mass is 9.87. The van der Waals surface area contributed by atoms with E-state index in [1.54, 1.807) is 36.2 Å². The van der Waals surface area contributed by atoms with Gasteiger partial charge in [-0.05, 0) is 41.0 Å². The van der Waals surface area contributed by atoms with E-state index in [1.807, 2.05) is 42.5 Å². The molecule has 5 nitrogen and oxygen atoms in total. The molecule has 0 spiro atoms. The summed E-state index contributed by atoms with van der Waals surface area (Å²) in [4.78, 5) is 27.8. The van der Waals surface area contributed by atoms with Gasteiger partial charge in [0.1, 0.15) is 5.82 Å². The van der Waals surface area contributed by atoms with Crippen LogP contribution in [0.1, 0.15) is 15.9 Å². The molecular weight excluding hydrogens is 407 g/mol. The molecule has 1 heterocycles. The van der Waals surface area contributed by atoms with E-state index in [9.17, 15) is 14.0 Å². The second-order valence-electron chi connectivity index (χ2n) is 7.86. The topological polar surface area (TPSA) is 58.6 Å².